The third kappa shape index (κ3) is 3.41. The minimum Gasteiger partial charge on any atom is -0.334 e. The molecule has 0 spiro atoms. The molecule has 0 amide bonds. The summed E-state index contributed by atoms with van der Waals surface area (Å²) < 4.78 is 13.4. The summed E-state index contributed by atoms with van der Waals surface area (Å²) in [6, 6.07) is 13.4. The number of nitrogens with one attached hydrogen (secondary N) is 1. The molecule has 1 aromatic heterocycles. The van der Waals surface area contributed by atoms with E-state index >= 15 is 0 Å². The molecule has 0 bridgehead atoms. The van der Waals surface area contributed by atoms with Crippen molar-refractivity contribution < 1.29 is 14.1 Å². The van der Waals surface area contributed by atoms with Crippen molar-refractivity contribution in [1.82, 2.24) is 4.98 Å². The van der Waals surface area contributed by atoms with E-state index in [2.05, 4.69) is 10.3 Å². The van der Waals surface area contributed by atoms with Crippen molar-refractivity contribution in [3.05, 3.63) is 93.4 Å². The van der Waals surface area contributed by atoms with E-state index in [1.165, 1.54) is 30.5 Å². The Morgan fingerprint density at radius 3 is 2.65 bits per heavy atom. The number of benzene rings is 2. The van der Waals surface area contributed by atoms with E-state index in [4.69, 9.17) is 0 Å². The molecule has 1 N–H and O–H groups in total. The fourth-order valence-corrected chi connectivity index (χ4v) is 2.58. The molecule has 0 saturated heterocycles. The number of ketones is 1. The average Bonchev–Trinajstić information content (AvgIpc) is 2.61. The molecule has 130 valence electrons. The Hall–Kier alpha value is -3.61. The standard InChI is InChI=1S/C19H14FN3O3/c1-12-9-10-21-19(17(12)23(25)26)22-16-8-3-2-7-15(16)18(24)13-5-4-6-14(20)11-13/h2-11H,1H3,(H,21,22). The molecule has 0 saturated carbocycles. The summed E-state index contributed by atoms with van der Waals surface area (Å²) in [5.74, 6) is -0.880. The minimum atomic E-state index is -0.526. The molecule has 0 unspecified atom stereocenters. The van der Waals surface area contributed by atoms with E-state index in [1.807, 2.05) is 0 Å². The summed E-state index contributed by atoms with van der Waals surface area (Å²) in [5, 5.41) is 14.2. The molecule has 0 aliphatic heterocycles. The van der Waals surface area contributed by atoms with E-state index in [0.29, 0.717) is 11.3 Å². The van der Waals surface area contributed by atoms with Crippen LogP contribution >= 0.6 is 0 Å². The van der Waals surface area contributed by atoms with Gasteiger partial charge in [-0.3, -0.25) is 14.9 Å². The van der Waals surface area contributed by atoms with E-state index in [-0.39, 0.29) is 22.6 Å². The topological polar surface area (TPSA) is 85.1 Å². The van der Waals surface area contributed by atoms with Gasteiger partial charge in [0, 0.05) is 22.9 Å². The monoisotopic (exact) mass is 351 g/mol. The molecule has 0 radical (unpaired) electrons. The zero-order valence-electron chi connectivity index (χ0n) is 13.8. The summed E-state index contributed by atoms with van der Waals surface area (Å²) in [6.07, 6.45) is 1.45. The van der Waals surface area contributed by atoms with Gasteiger partial charge in [0.05, 0.1) is 10.6 Å². The van der Waals surface area contributed by atoms with Crippen molar-refractivity contribution in [2.24, 2.45) is 0 Å². The third-order valence-corrected chi connectivity index (χ3v) is 3.82. The second kappa shape index (κ2) is 7.10. The number of anilines is 2. The average molecular weight is 351 g/mol. The van der Waals surface area contributed by atoms with Gasteiger partial charge in [0.2, 0.25) is 5.82 Å². The zero-order chi connectivity index (χ0) is 18.7. The van der Waals surface area contributed by atoms with Crippen LogP contribution in [0.15, 0.2) is 60.8 Å². The number of aromatic nitrogens is 1. The van der Waals surface area contributed by atoms with Crippen LogP contribution in [0.5, 0.6) is 0 Å². The second-order valence-corrected chi connectivity index (χ2v) is 5.59. The quantitative estimate of drug-likeness (QED) is 0.418. The highest BCUT2D eigenvalue weighted by molar-refractivity contribution is 6.12. The van der Waals surface area contributed by atoms with Crippen molar-refractivity contribution in [2.75, 3.05) is 5.32 Å². The van der Waals surface area contributed by atoms with Crippen LogP contribution in [0, 0.1) is 22.9 Å². The highest BCUT2D eigenvalue weighted by atomic mass is 19.1. The number of halogens is 1. The number of nitrogens with zero attached hydrogens (tertiary/aromatic N) is 2. The van der Waals surface area contributed by atoms with Gasteiger partial charge in [-0.15, -0.1) is 0 Å². The predicted octanol–water partition coefficient (Wildman–Crippen LogP) is 4.41. The van der Waals surface area contributed by atoms with Crippen molar-refractivity contribution in [3.63, 3.8) is 0 Å². The van der Waals surface area contributed by atoms with Crippen LogP contribution in [0.25, 0.3) is 0 Å². The summed E-state index contributed by atoms with van der Waals surface area (Å²) in [5.41, 5.74) is 1.08. The Morgan fingerprint density at radius 2 is 1.92 bits per heavy atom. The molecule has 7 heteroatoms. The highest BCUT2D eigenvalue weighted by Crippen LogP contribution is 2.30. The first-order chi connectivity index (χ1) is 12.5. The summed E-state index contributed by atoms with van der Waals surface area (Å²) in [7, 11) is 0. The molecule has 1 heterocycles. The van der Waals surface area contributed by atoms with Gasteiger partial charge in [-0.25, -0.2) is 9.37 Å². The number of carbonyl (C=O) groups is 1. The minimum absolute atomic E-state index is 0.0366. The van der Waals surface area contributed by atoms with Gasteiger partial charge in [0.25, 0.3) is 0 Å². The number of hydrogen-bond acceptors (Lipinski definition) is 5. The number of aryl methyl sites for hydroxylation is 1. The van der Waals surface area contributed by atoms with Gasteiger partial charge >= 0.3 is 5.69 Å². The van der Waals surface area contributed by atoms with Crippen LogP contribution in [0.3, 0.4) is 0 Å². The summed E-state index contributed by atoms with van der Waals surface area (Å²) in [4.78, 5) is 27.6. The van der Waals surface area contributed by atoms with Gasteiger partial charge in [0.15, 0.2) is 5.78 Å². The van der Waals surface area contributed by atoms with Crippen molar-refractivity contribution >= 4 is 23.0 Å². The summed E-state index contributed by atoms with van der Waals surface area (Å²) in [6.45, 7) is 1.61. The van der Waals surface area contributed by atoms with Crippen molar-refractivity contribution in [2.45, 2.75) is 6.92 Å². The first-order valence-corrected chi connectivity index (χ1v) is 7.73. The first kappa shape index (κ1) is 17.2. The van der Waals surface area contributed by atoms with E-state index in [1.54, 1.807) is 31.2 Å². The van der Waals surface area contributed by atoms with Crippen LogP contribution in [-0.2, 0) is 0 Å². The molecule has 0 atom stereocenters. The molecule has 0 aliphatic rings. The lowest BCUT2D eigenvalue weighted by atomic mass is 10.0. The SMILES string of the molecule is Cc1ccnc(Nc2ccccc2C(=O)c2cccc(F)c2)c1[N+](=O)[O-]. The molecule has 6 nitrogen and oxygen atoms in total. The maximum atomic E-state index is 13.4. The Bertz CT molecular complexity index is 1000. The number of hydrogen-bond donors (Lipinski definition) is 1. The number of carbonyl (C=O) groups excluding carboxylic acids is 1. The molecule has 3 rings (SSSR count). The molecular formula is C19H14FN3O3. The fraction of sp³-hybridized carbons (Fsp3) is 0.0526. The lowest BCUT2D eigenvalue weighted by Crippen LogP contribution is -2.08. The predicted molar refractivity (Wildman–Crippen MR) is 95.2 cm³/mol. The molecule has 3 aromatic rings. The lowest BCUT2D eigenvalue weighted by Gasteiger charge is -2.12. The number of para-hydroxylation sites is 1. The second-order valence-electron chi connectivity index (χ2n) is 5.59. The zero-order valence-corrected chi connectivity index (χ0v) is 13.8. The Morgan fingerprint density at radius 1 is 1.15 bits per heavy atom. The molecule has 26 heavy (non-hydrogen) atoms. The molecule has 2 aromatic carbocycles. The smallest absolute Gasteiger partial charge is 0.314 e. The van der Waals surface area contributed by atoms with Crippen LogP contribution in [-0.4, -0.2) is 15.7 Å². The Balaban J connectivity index is 2.03. The normalized spacial score (nSPS) is 10.4. The summed E-state index contributed by atoms with van der Waals surface area (Å²) >= 11 is 0. The number of nitro groups is 1. The van der Waals surface area contributed by atoms with Crippen LogP contribution in [0.4, 0.5) is 21.6 Å². The van der Waals surface area contributed by atoms with Gasteiger partial charge in [-0.05, 0) is 37.3 Å². The fourth-order valence-electron chi connectivity index (χ4n) is 2.58. The molecular weight excluding hydrogens is 337 g/mol. The Labute approximate surface area is 148 Å². The van der Waals surface area contributed by atoms with Gasteiger partial charge < -0.3 is 5.32 Å². The molecule has 0 aliphatic carbocycles. The van der Waals surface area contributed by atoms with Crippen LogP contribution in [0.1, 0.15) is 21.5 Å². The maximum Gasteiger partial charge on any atom is 0.314 e. The molecule has 0 fully saturated rings. The van der Waals surface area contributed by atoms with Crippen molar-refractivity contribution in [3.8, 4) is 0 Å². The Kier molecular flexibility index (Phi) is 4.70. The first-order valence-electron chi connectivity index (χ1n) is 7.73. The third-order valence-electron chi connectivity index (χ3n) is 3.82. The van der Waals surface area contributed by atoms with Gasteiger partial charge in [-0.2, -0.15) is 0 Å². The van der Waals surface area contributed by atoms with E-state index < -0.39 is 16.5 Å². The van der Waals surface area contributed by atoms with Crippen molar-refractivity contribution in [1.29, 1.82) is 0 Å². The largest absolute Gasteiger partial charge is 0.334 e. The number of pyridine rings is 1. The number of rotatable bonds is 5. The van der Waals surface area contributed by atoms with Crippen LogP contribution < -0.4 is 5.32 Å². The maximum absolute atomic E-state index is 13.4. The van der Waals surface area contributed by atoms with Gasteiger partial charge in [0.1, 0.15) is 5.82 Å². The van der Waals surface area contributed by atoms with Gasteiger partial charge in [-0.1, -0.05) is 24.3 Å². The highest BCUT2D eigenvalue weighted by Gasteiger charge is 2.21. The van der Waals surface area contributed by atoms with Crippen LogP contribution in [0.2, 0.25) is 0 Å². The van der Waals surface area contributed by atoms with E-state index in [0.717, 1.165) is 6.07 Å². The lowest BCUT2D eigenvalue weighted by molar-refractivity contribution is -0.384. The van der Waals surface area contributed by atoms with E-state index in [9.17, 15) is 19.3 Å².